The lowest BCUT2D eigenvalue weighted by Gasteiger charge is -2.09. The fourth-order valence-corrected chi connectivity index (χ4v) is 2.72. The van der Waals surface area contributed by atoms with Gasteiger partial charge in [-0.1, -0.05) is 60.7 Å². The van der Waals surface area contributed by atoms with Gasteiger partial charge >= 0.3 is 5.97 Å². The fourth-order valence-electron chi connectivity index (χ4n) is 2.72. The van der Waals surface area contributed by atoms with Crippen molar-refractivity contribution in [3.05, 3.63) is 101 Å². The van der Waals surface area contributed by atoms with Gasteiger partial charge in [0.2, 0.25) is 11.6 Å². The molecule has 3 aromatic carbocycles. The van der Waals surface area contributed by atoms with Crippen LogP contribution in [0.3, 0.4) is 0 Å². The van der Waals surface area contributed by atoms with Crippen LogP contribution in [0.4, 0.5) is 5.69 Å². The van der Waals surface area contributed by atoms with Gasteiger partial charge in [-0.05, 0) is 30.7 Å². The van der Waals surface area contributed by atoms with E-state index in [-0.39, 0.29) is 11.1 Å². The van der Waals surface area contributed by atoms with E-state index in [4.69, 9.17) is 4.74 Å². The molecule has 0 atom stereocenters. The minimum absolute atomic E-state index is 0.165. The molecule has 0 aliphatic rings. The molecule has 0 aliphatic carbocycles. The Labute approximate surface area is 173 Å². The number of anilines is 1. The Hall–Kier alpha value is -4.06. The first-order chi connectivity index (χ1) is 14.5. The maximum atomic E-state index is 12.3. The van der Waals surface area contributed by atoms with Crippen LogP contribution in [0.25, 0.3) is 0 Å². The van der Waals surface area contributed by atoms with Crippen molar-refractivity contribution in [3.8, 4) is 0 Å². The lowest BCUT2D eigenvalue weighted by atomic mass is 10.0. The van der Waals surface area contributed by atoms with Crippen molar-refractivity contribution in [3.63, 3.8) is 0 Å². The molecule has 1 amide bonds. The number of esters is 1. The summed E-state index contributed by atoms with van der Waals surface area (Å²) in [6.45, 7) is 1.41. The van der Waals surface area contributed by atoms with Gasteiger partial charge in [0.25, 0.3) is 5.91 Å². The normalized spacial score (nSPS) is 10.2. The molecular weight excluding hydrogens is 382 g/mol. The summed E-state index contributed by atoms with van der Waals surface area (Å²) in [5, 5.41) is 2.67. The van der Waals surface area contributed by atoms with E-state index in [1.54, 1.807) is 42.5 Å². The quantitative estimate of drug-likeness (QED) is 0.369. The monoisotopic (exact) mass is 401 g/mol. The highest BCUT2D eigenvalue weighted by atomic mass is 16.5. The van der Waals surface area contributed by atoms with E-state index in [1.807, 2.05) is 19.1 Å². The summed E-state index contributed by atoms with van der Waals surface area (Å²) in [5.74, 6) is -2.46. The molecule has 6 heteroatoms. The Balaban J connectivity index is 1.57. The number of amides is 1. The lowest BCUT2D eigenvalue weighted by Crippen LogP contribution is -2.21. The molecule has 0 heterocycles. The van der Waals surface area contributed by atoms with Gasteiger partial charge < -0.3 is 10.1 Å². The zero-order valence-corrected chi connectivity index (χ0v) is 16.3. The molecule has 0 fully saturated rings. The summed E-state index contributed by atoms with van der Waals surface area (Å²) in [4.78, 5) is 48.7. The van der Waals surface area contributed by atoms with E-state index in [1.165, 1.54) is 24.3 Å². The van der Waals surface area contributed by atoms with Crippen molar-refractivity contribution in [2.75, 3.05) is 11.9 Å². The first kappa shape index (κ1) is 20.7. The fraction of sp³-hybridized carbons (Fsp3) is 0.0833. The molecule has 0 aromatic heterocycles. The number of para-hydroxylation sites is 1. The van der Waals surface area contributed by atoms with Gasteiger partial charge in [0.05, 0.1) is 5.56 Å². The maximum Gasteiger partial charge on any atom is 0.338 e. The Morgan fingerprint density at radius 1 is 0.700 bits per heavy atom. The van der Waals surface area contributed by atoms with Crippen LogP contribution in [0.1, 0.15) is 36.6 Å². The highest BCUT2D eigenvalue weighted by Crippen LogP contribution is 2.13. The van der Waals surface area contributed by atoms with Gasteiger partial charge in [-0.15, -0.1) is 0 Å². The van der Waals surface area contributed by atoms with Crippen LogP contribution in [0, 0.1) is 6.92 Å². The number of rotatable bonds is 7. The summed E-state index contributed by atoms with van der Waals surface area (Å²) < 4.78 is 5.02. The van der Waals surface area contributed by atoms with Crippen LogP contribution in [0.5, 0.6) is 0 Å². The van der Waals surface area contributed by atoms with E-state index in [9.17, 15) is 19.2 Å². The smallest absolute Gasteiger partial charge is 0.338 e. The van der Waals surface area contributed by atoms with Gasteiger partial charge in [0.15, 0.2) is 6.61 Å². The van der Waals surface area contributed by atoms with Crippen molar-refractivity contribution in [1.29, 1.82) is 0 Å². The number of carbonyl (C=O) groups excluding carboxylic acids is 4. The largest absolute Gasteiger partial charge is 0.452 e. The van der Waals surface area contributed by atoms with Gasteiger partial charge in [0, 0.05) is 16.8 Å². The molecule has 0 unspecified atom stereocenters. The predicted octanol–water partition coefficient (Wildman–Crippen LogP) is 3.86. The second-order valence-electron chi connectivity index (χ2n) is 6.54. The molecular formula is C24H19NO5. The zero-order chi connectivity index (χ0) is 21.5. The van der Waals surface area contributed by atoms with Crippen LogP contribution in [0.15, 0.2) is 78.9 Å². The van der Waals surface area contributed by atoms with Crippen LogP contribution >= 0.6 is 0 Å². The number of ether oxygens (including phenoxy) is 1. The average molecular weight is 401 g/mol. The number of Topliss-reactive ketones (excluding diaryl/α,β-unsaturated/α-hetero) is 2. The molecule has 0 saturated heterocycles. The van der Waals surface area contributed by atoms with E-state index < -0.39 is 30.0 Å². The van der Waals surface area contributed by atoms with E-state index in [2.05, 4.69) is 5.32 Å². The summed E-state index contributed by atoms with van der Waals surface area (Å²) in [6.07, 6.45) is 0. The Bertz CT molecular complexity index is 1090. The third-order valence-corrected chi connectivity index (χ3v) is 4.38. The minimum atomic E-state index is -0.705. The number of benzene rings is 3. The summed E-state index contributed by atoms with van der Waals surface area (Å²) in [7, 11) is 0. The van der Waals surface area contributed by atoms with Crippen molar-refractivity contribution < 1.29 is 23.9 Å². The molecule has 0 bridgehead atoms. The zero-order valence-electron chi connectivity index (χ0n) is 16.3. The van der Waals surface area contributed by atoms with Gasteiger partial charge in [-0.2, -0.15) is 0 Å². The third-order valence-electron chi connectivity index (χ3n) is 4.38. The van der Waals surface area contributed by atoms with E-state index in [0.29, 0.717) is 11.3 Å². The Kier molecular flexibility index (Phi) is 6.49. The van der Waals surface area contributed by atoms with Crippen LogP contribution in [-0.2, 0) is 9.53 Å². The van der Waals surface area contributed by atoms with Crippen molar-refractivity contribution >= 4 is 29.1 Å². The second kappa shape index (κ2) is 9.43. The summed E-state index contributed by atoms with van der Waals surface area (Å²) in [5.41, 5.74) is 2.16. The number of ketones is 2. The number of hydrogen-bond acceptors (Lipinski definition) is 5. The first-order valence-electron chi connectivity index (χ1n) is 9.22. The Morgan fingerprint density at radius 3 is 1.87 bits per heavy atom. The van der Waals surface area contributed by atoms with Crippen LogP contribution in [0.2, 0.25) is 0 Å². The van der Waals surface area contributed by atoms with Crippen LogP contribution in [-0.4, -0.2) is 30.0 Å². The second-order valence-corrected chi connectivity index (χ2v) is 6.54. The molecule has 1 N–H and O–H groups in total. The standard InChI is InChI=1S/C24H19NO5/c1-16-7-5-6-10-20(16)25-21(26)15-30-24(29)19-13-11-18(12-14-19)23(28)22(27)17-8-3-2-4-9-17/h2-14H,15H2,1H3,(H,25,26). The van der Waals surface area contributed by atoms with Crippen molar-refractivity contribution in [2.24, 2.45) is 0 Å². The van der Waals surface area contributed by atoms with Gasteiger partial charge in [0.1, 0.15) is 0 Å². The molecule has 150 valence electrons. The molecule has 0 spiro atoms. The van der Waals surface area contributed by atoms with Gasteiger partial charge in [-0.3, -0.25) is 14.4 Å². The first-order valence-corrected chi connectivity index (χ1v) is 9.22. The average Bonchev–Trinajstić information content (AvgIpc) is 2.78. The number of hydrogen-bond donors (Lipinski definition) is 1. The van der Waals surface area contributed by atoms with E-state index in [0.717, 1.165) is 5.56 Å². The number of carbonyl (C=O) groups is 4. The molecule has 30 heavy (non-hydrogen) atoms. The molecule has 6 nitrogen and oxygen atoms in total. The molecule has 3 rings (SSSR count). The number of nitrogens with one attached hydrogen (secondary N) is 1. The minimum Gasteiger partial charge on any atom is -0.452 e. The molecule has 0 aliphatic heterocycles. The summed E-state index contributed by atoms with van der Waals surface area (Å²) in [6, 6.07) is 21.0. The third kappa shape index (κ3) is 5.05. The number of aryl methyl sites for hydroxylation is 1. The SMILES string of the molecule is Cc1ccccc1NC(=O)COC(=O)c1ccc(C(=O)C(=O)c2ccccc2)cc1. The molecule has 0 radical (unpaired) electrons. The predicted molar refractivity (Wildman–Crippen MR) is 112 cm³/mol. The lowest BCUT2D eigenvalue weighted by molar-refractivity contribution is -0.119. The van der Waals surface area contributed by atoms with E-state index >= 15 is 0 Å². The van der Waals surface area contributed by atoms with Gasteiger partial charge in [-0.25, -0.2) is 4.79 Å². The highest BCUT2D eigenvalue weighted by molar-refractivity contribution is 6.49. The maximum absolute atomic E-state index is 12.3. The topological polar surface area (TPSA) is 89.5 Å². The van der Waals surface area contributed by atoms with Crippen LogP contribution < -0.4 is 5.32 Å². The molecule has 3 aromatic rings. The highest BCUT2D eigenvalue weighted by Gasteiger charge is 2.19. The summed E-state index contributed by atoms with van der Waals surface area (Å²) >= 11 is 0. The Morgan fingerprint density at radius 2 is 1.23 bits per heavy atom. The van der Waals surface area contributed by atoms with Crippen molar-refractivity contribution in [1.82, 2.24) is 0 Å². The molecule has 0 saturated carbocycles. The van der Waals surface area contributed by atoms with Crippen molar-refractivity contribution in [2.45, 2.75) is 6.92 Å².